The van der Waals surface area contributed by atoms with E-state index in [2.05, 4.69) is 98.7 Å². The van der Waals surface area contributed by atoms with E-state index in [1.54, 1.807) is 11.3 Å². The Hall–Kier alpha value is -2.28. The molecule has 2 aromatic heterocycles. The highest BCUT2D eigenvalue weighted by Gasteiger charge is 2.37. The molecule has 0 bridgehead atoms. The third kappa shape index (κ3) is 5.74. The number of hydrogen-bond donors (Lipinski definition) is 2. The maximum absolute atomic E-state index is 4.85. The van der Waals surface area contributed by atoms with E-state index in [-0.39, 0.29) is 11.1 Å². The Balaban J connectivity index is 1.49. The summed E-state index contributed by atoms with van der Waals surface area (Å²) in [7, 11) is 4.19. The molecule has 1 aliphatic rings. The lowest BCUT2D eigenvalue weighted by Gasteiger charge is -2.46. The Morgan fingerprint density at radius 3 is 2.28 bits per heavy atom. The fourth-order valence-corrected chi connectivity index (χ4v) is 5.92. The first-order valence-corrected chi connectivity index (χ1v) is 12.1. The molecule has 1 aliphatic heterocycles. The molecule has 3 heterocycles. The monoisotopic (exact) mass is 449 g/mol. The summed E-state index contributed by atoms with van der Waals surface area (Å²) in [5, 5.41) is 7.34. The van der Waals surface area contributed by atoms with Crippen LogP contribution in [0, 0.1) is 0 Å². The molecule has 0 radical (unpaired) electrons. The fraction of sp³-hybridized carbons (Fsp3) is 0.462. The van der Waals surface area contributed by atoms with E-state index >= 15 is 0 Å². The van der Waals surface area contributed by atoms with Gasteiger partial charge in [-0.2, -0.15) is 0 Å². The minimum absolute atomic E-state index is 0.0851. The summed E-state index contributed by atoms with van der Waals surface area (Å²) in [6.45, 7) is 10.0. The maximum atomic E-state index is 4.85. The first-order valence-electron chi connectivity index (χ1n) is 11.3. The van der Waals surface area contributed by atoms with Crippen molar-refractivity contribution in [1.29, 1.82) is 0 Å². The largest absolute Gasteiger partial charge is 0.351 e. The van der Waals surface area contributed by atoms with Gasteiger partial charge in [0.05, 0.1) is 10.6 Å². The lowest BCUT2D eigenvalue weighted by molar-refractivity contribution is 0.170. The van der Waals surface area contributed by atoms with Gasteiger partial charge in [0.15, 0.2) is 0 Å². The van der Waals surface area contributed by atoms with E-state index in [1.807, 2.05) is 12.3 Å². The van der Waals surface area contributed by atoms with Gasteiger partial charge in [-0.15, -0.1) is 11.3 Å². The summed E-state index contributed by atoms with van der Waals surface area (Å²) in [6.07, 6.45) is 3.94. The van der Waals surface area contributed by atoms with Crippen LogP contribution < -0.4 is 10.6 Å². The van der Waals surface area contributed by atoms with Gasteiger partial charge >= 0.3 is 0 Å². The fourth-order valence-electron chi connectivity index (χ4n) is 4.94. The van der Waals surface area contributed by atoms with Crippen LogP contribution in [-0.4, -0.2) is 46.1 Å². The lowest BCUT2D eigenvalue weighted by Crippen LogP contribution is -2.60. The van der Waals surface area contributed by atoms with Gasteiger partial charge in [-0.05, 0) is 84.0 Å². The third-order valence-corrected chi connectivity index (χ3v) is 6.93. The van der Waals surface area contributed by atoms with Crippen molar-refractivity contribution in [2.24, 2.45) is 0 Å². The van der Waals surface area contributed by atoms with Crippen LogP contribution in [0.5, 0.6) is 0 Å². The highest BCUT2D eigenvalue weighted by molar-refractivity contribution is 7.18. The van der Waals surface area contributed by atoms with Crippen molar-refractivity contribution in [3.8, 4) is 21.0 Å². The molecule has 5 nitrogen and oxygen atoms in total. The molecule has 3 aromatic rings. The molecule has 32 heavy (non-hydrogen) atoms. The van der Waals surface area contributed by atoms with Crippen LogP contribution in [-0.2, 0) is 6.54 Å². The molecule has 1 aromatic carbocycles. The first kappa shape index (κ1) is 22.9. The van der Waals surface area contributed by atoms with Gasteiger partial charge in [0, 0.05) is 34.7 Å². The van der Waals surface area contributed by atoms with Crippen molar-refractivity contribution in [3.05, 3.63) is 54.2 Å². The van der Waals surface area contributed by atoms with E-state index in [9.17, 15) is 0 Å². The molecule has 2 N–H and O–H groups in total. The van der Waals surface area contributed by atoms with Crippen molar-refractivity contribution in [1.82, 2.24) is 20.2 Å². The second kappa shape index (κ2) is 8.93. The number of aromatic nitrogens is 2. The molecule has 4 rings (SSSR count). The summed E-state index contributed by atoms with van der Waals surface area (Å²) < 4.78 is 0. The first-order chi connectivity index (χ1) is 15.1. The molecule has 0 unspecified atom stereocenters. The van der Waals surface area contributed by atoms with Gasteiger partial charge in [-0.3, -0.25) is 0 Å². The molecule has 0 amide bonds. The van der Waals surface area contributed by atoms with E-state index in [0.29, 0.717) is 12.0 Å². The smallest absolute Gasteiger partial charge is 0.223 e. The number of hydrogen-bond acceptors (Lipinski definition) is 6. The molecule has 0 aliphatic carbocycles. The van der Waals surface area contributed by atoms with Crippen LogP contribution in [0.15, 0.2) is 48.7 Å². The van der Waals surface area contributed by atoms with E-state index in [1.165, 1.54) is 16.0 Å². The quantitative estimate of drug-likeness (QED) is 0.509. The van der Waals surface area contributed by atoms with Crippen LogP contribution in [0.25, 0.3) is 21.0 Å². The molecule has 6 heteroatoms. The molecule has 1 saturated heterocycles. The predicted octanol–water partition coefficient (Wildman–Crippen LogP) is 5.65. The topological polar surface area (TPSA) is 53.1 Å². The molecule has 0 spiro atoms. The number of piperidine rings is 1. The van der Waals surface area contributed by atoms with E-state index in [4.69, 9.17) is 4.98 Å². The van der Waals surface area contributed by atoms with Crippen molar-refractivity contribution < 1.29 is 0 Å². The Labute approximate surface area is 196 Å². The number of benzene rings is 1. The van der Waals surface area contributed by atoms with Crippen LogP contribution in [0.2, 0.25) is 0 Å². The summed E-state index contributed by atoms with van der Waals surface area (Å²) in [6, 6.07) is 15.5. The Morgan fingerprint density at radius 1 is 0.969 bits per heavy atom. The molecule has 170 valence electrons. The highest BCUT2D eigenvalue weighted by Crippen LogP contribution is 2.34. The summed E-state index contributed by atoms with van der Waals surface area (Å²) >= 11 is 1.77. The van der Waals surface area contributed by atoms with Crippen molar-refractivity contribution in [2.75, 3.05) is 19.4 Å². The van der Waals surface area contributed by atoms with E-state index < -0.39 is 0 Å². The SMILES string of the molecule is CN(C)Cc1ccc(-c2ccc(-c3ccnc(NC4CC(C)(C)NC(C)(C)C4)n3)s2)cc1. The number of rotatable bonds is 6. The van der Waals surface area contributed by atoms with Gasteiger partial charge in [0.25, 0.3) is 0 Å². The average Bonchev–Trinajstić information content (AvgIpc) is 3.16. The number of nitrogens with zero attached hydrogens (tertiary/aromatic N) is 3. The summed E-state index contributed by atoms with van der Waals surface area (Å²) in [5.41, 5.74) is 3.71. The second-order valence-electron chi connectivity index (χ2n) is 10.5. The number of anilines is 1. The Kier molecular flexibility index (Phi) is 6.39. The normalized spacial score (nSPS) is 18.1. The van der Waals surface area contributed by atoms with Crippen LogP contribution in [0.3, 0.4) is 0 Å². The average molecular weight is 450 g/mol. The zero-order valence-electron chi connectivity index (χ0n) is 20.1. The van der Waals surface area contributed by atoms with Gasteiger partial charge in [-0.1, -0.05) is 24.3 Å². The van der Waals surface area contributed by atoms with Gasteiger partial charge < -0.3 is 15.5 Å². The Morgan fingerprint density at radius 2 is 1.62 bits per heavy atom. The van der Waals surface area contributed by atoms with E-state index in [0.717, 1.165) is 30.0 Å². The highest BCUT2D eigenvalue weighted by atomic mass is 32.1. The van der Waals surface area contributed by atoms with Crippen molar-refractivity contribution in [2.45, 2.75) is 64.2 Å². The van der Waals surface area contributed by atoms with Gasteiger partial charge in [0.1, 0.15) is 0 Å². The molecular weight excluding hydrogens is 414 g/mol. The van der Waals surface area contributed by atoms with Crippen LogP contribution in [0.1, 0.15) is 46.1 Å². The van der Waals surface area contributed by atoms with Gasteiger partial charge in [-0.25, -0.2) is 9.97 Å². The number of nitrogens with one attached hydrogen (secondary N) is 2. The molecular formula is C26H35N5S. The Bertz CT molecular complexity index is 1040. The molecule has 1 fully saturated rings. The molecule has 0 saturated carbocycles. The predicted molar refractivity (Wildman–Crippen MR) is 136 cm³/mol. The lowest BCUT2D eigenvalue weighted by atomic mass is 9.80. The summed E-state index contributed by atoms with van der Waals surface area (Å²) in [4.78, 5) is 14.0. The van der Waals surface area contributed by atoms with Crippen LogP contribution in [0.4, 0.5) is 5.95 Å². The third-order valence-electron chi connectivity index (χ3n) is 5.77. The zero-order chi connectivity index (χ0) is 22.9. The van der Waals surface area contributed by atoms with Crippen molar-refractivity contribution in [3.63, 3.8) is 0 Å². The minimum Gasteiger partial charge on any atom is -0.351 e. The molecule has 0 atom stereocenters. The van der Waals surface area contributed by atoms with Crippen LogP contribution >= 0.6 is 11.3 Å². The minimum atomic E-state index is 0.0851. The zero-order valence-corrected chi connectivity index (χ0v) is 20.9. The van der Waals surface area contributed by atoms with Crippen molar-refractivity contribution >= 4 is 17.3 Å². The van der Waals surface area contributed by atoms with Gasteiger partial charge in [0.2, 0.25) is 5.95 Å². The standard InChI is InChI=1S/C26H35N5S/c1-25(2)15-20(16-26(3,4)30-25)28-24-27-14-13-21(29-24)23-12-11-22(32-23)19-9-7-18(8-10-19)17-31(5)6/h7-14,20,30H,15-17H2,1-6H3,(H,27,28,29). The maximum Gasteiger partial charge on any atom is 0.223 e. The second-order valence-corrected chi connectivity index (χ2v) is 11.6. The number of thiophene rings is 1. The summed E-state index contributed by atoms with van der Waals surface area (Å²) in [5.74, 6) is 0.712.